The molecule has 0 aliphatic rings. The first kappa shape index (κ1) is 10.7. The van der Waals surface area contributed by atoms with Crippen LogP contribution >= 0.6 is 12.6 Å². The molecule has 0 aliphatic carbocycles. The largest absolute Gasteiger partial charge is 0.337 e. The second-order valence-electron chi connectivity index (χ2n) is 4.44. The zero-order chi connectivity index (χ0) is 11.8. The maximum Gasteiger partial charge on any atom is 0.0494 e. The highest BCUT2D eigenvalue weighted by Gasteiger charge is 2.12. The third kappa shape index (κ3) is 1.55. The molecular weight excluding hydrogens is 226 g/mol. The first-order chi connectivity index (χ1) is 8.33. The fraction of sp³-hybridized carbons (Fsp3) is 0.200. The van der Waals surface area contributed by atoms with Crippen LogP contribution in [0.4, 0.5) is 0 Å². The Morgan fingerprint density at radius 2 is 1.41 bits per heavy atom. The molecule has 0 N–H and O–H groups in total. The van der Waals surface area contributed by atoms with Gasteiger partial charge in [-0.05, 0) is 19.1 Å². The summed E-state index contributed by atoms with van der Waals surface area (Å²) in [5, 5.41) is 2.66. The number of hydrogen-bond donors (Lipinski definition) is 1. The molecule has 0 saturated carbocycles. The number of nitrogens with zero attached hydrogens (tertiary/aromatic N) is 1. The van der Waals surface area contributed by atoms with Gasteiger partial charge in [0, 0.05) is 33.6 Å². The summed E-state index contributed by atoms with van der Waals surface area (Å²) in [6, 6.07) is 17.6. The van der Waals surface area contributed by atoms with Crippen LogP contribution in [-0.2, 0) is 0 Å². The Bertz CT molecular complexity index is 616. The van der Waals surface area contributed by atoms with E-state index in [2.05, 4.69) is 72.7 Å². The molecule has 0 spiro atoms. The van der Waals surface area contributed by atoms with Gasteiger partial charge in [-0.2, -0.15) is 12.6 Å². The molecule has 0 saturated heterocycles. The Balaban J connectivity index is 2.50. The molecule has 1 unspecified atom stereocenters. The summed E-state index contributed by atoms with van der Waals surface area (Å²) in [6.07, 6.45) is 0. The highest BCUT2D eigenvalue weighted by molar-refractivity contribution is 7.80. The van der Waals surface area contributed by atoms with E-state index in [9.17, 15) is 0 Å². The van der Waals surface area contributed by atoms with Gasteiger partial charge in [0.15, 0.2) is 0 Å². The van der Waals surface area contributed by atoms with Crippen LogP contribution in [0.15, 0.2) is 48.5 Å². The molecule has 1 atom stereocenters. The normalized spacial score (nSPS) is 13.3. The van der Waals surface area contributed by atoms with E-state index in [1.807, 2.05) is 0 Å². The predicted octanol–water partition coefficient (Wildman–Crippen LogP) is 4.29. The number of aromatic nitrogens is 1. The van der Waals surface area contributed by atoms with E-state index in [4.69, 9.17) is 0 Å². The van der Waals surface area contributed by atoms with Crippen molar-refractivity contribution in [2.45, 2.75) is 13.0 Å². The quantitative estimate of drug-likeness (QED) is 0.639. The van der Waals surface area contributed by atoms with Gasteiger partial charge in [0.25, 0.3) is 0 Å². The summed E-state index contributed by atoms with van der Waals surface area (Å²) in [5.74, 6) is 0.850. The minimum Gasteiger partial charge on any atom is -0.337 e. The van der Waals surface area contributed by atoms with Crippen LogP contribution in [0.3, 0.4) is 0 Å². The SMILES string of the molecule is CC(CS)n1c2ccccc2c2ccccc21. The van der Waals surface area contributed by atoms with Gasteiger partial charge in [0.1, 0.15) is 0 Å². The highest BCUT2D eigenvalue weighted by Crippen LogP contribution is 2.31. The molecule has 0 bridgehead atoms. The smallest absolute Gasteiger partial charge is 0.0494 e. The minimum atomic E-state index is 0.406. The lowest BCUT2D eigenvalue weighted by atomic mass is 10.2. The summed E-state index contributed by atoms with van der Waals surface area (Å²) >= 11 is 4.43. The van der Waals surface area contributed by atoms with Crippen LogP contribution in [0.1, 0.15) is 13.0 Å². The van der Waals surface area contributed by atoms with Crippen molar-refractivity contribution in [3.05, 3.63) is 48.5 Å². The van der Waals surface area contributed by atoms with Gasteiger partial charge < -0.3 is 4.57 Å². The van der Waals surface area contributed by atoms with Gasteiger partial charge in [-0.3, -0.25) is 0 Å². The average molecular weight is 241 g/mol. The van der Waals surface area contributed by atoms with E-state index in [0.29, 0.717) is 6.04 Å². The molecule has 1 heterocycles. The summed E-state index contributed by atoms with van der Waals surface area (Å²) < 4.78 is 2.39. The molecule has 0 fully saturated rings. The Kier molecular flexibility index (Phi) is 2.60. The first-order valence-electron chi connectivity index (χ1n) is 5.91. The van der Waals surface area contributed by atoms with Gasteiger partial charge in [0.05, 0.1) is 0 Å². The van der Waals surface area contributed by atoms with Crippen LogP contribution in [0, 0.1) is 0 Å². The van der Waals surface area contributed by atoms with Crippen molar-refractivity contribution in [2.75, 3.05) is 5.75 Å². The van der Waals surface area contributed by atoms with Gasteiger partial charge in [-0.25, -0.2) is 0 Å². The average Bonchev–Trinajstić information content (AvgIpc) is 2.72. The van der Waals surface area contributed by atoms with E-state index < -0.39 is 0 Å². The molecule has 86 valence electrons. The van der Waals surface area contributed by atoms with Crippen molar-refractivity contribution in [1.82, 2.24) is 4.57 Å². The summed E-state index contributed by atoms with van der Waals surface area (Å²) in [5.41, 5.74) is 2.60. The van der Waals surface area contributed by atoms with E-state index >= 15 is 0 Å². The van der Waals surface area contributed by atoms with Gasteiger partial charge in [0.2, 0.25) is 0 Å². The van der Waals surface area contributed by atoms with Gasteiger partial charge >= 0.3 is 0 Å². The Hall–Kier alpha value is -1.41. The number of para-hydroxylation sites is 2. The molecular formula is C15H15NS. The van der Waals surface area contributed by atoms with Crippen molar-refractivity contribution in [1.29, 1.82) is 0 Å². The second kappa shape index (κ2) is 4.11. The number of fused-ring (bicyclic) bond motifs is 3. The number of thiol groups is 1. The molecule has 1 nitrogen and oxygen atoms in total. The fourth-order valence-electron chi connectivity index (χ4n) is 2.51. The summed E-state index contributed by atoms with van der Waals surface area (Å²) in [6.45, 7) is 2.21. The molecule has 1 aromatic heterocycles. The molecule has 0 radical (unpaired) electrons. The Morgan fingerprint density at radius 1 is 0.941 bits per heavy atom. The number of rotatable bonds is 2. The lowest BCUT2D eigenvalue weighted by Crippen LogP contribution is -2.05. The van der Waals surface area contributed by atoms with Crippen molar-refractivity contribution in [3.8, 4) is 0 Å². The third-order valence-electron chi connectivity index (χ3n) is 3.32. The summed E-state index contributed by atoms with van der Waals surface area (Å²) in [4.78, 5) is 0. The van der Waals surface area contributed by atoms with Crippen molar-refractivity contribution in [3.63, 3.8) is 0 Å². The Morgan fingerprint density at radius 3 is 1.88 bits per heavy atom. The van der Waals surface area contributed by atoms with Crippen LogP contribution in [-0.4, -0.2) is 10.3 Å². The third-order valence-corrected chi connectivity index (χ3v) is 3.85. The molecule has 2 heteroatoms. The van der Waals surface area contributed by atoms with E-state index in [0.717, 1.165) is 5.75 Å². The molecule has 17 heavy (non-hydrogen) atoms. The monoisotopic (exact) mass is 241 g/mol. The van der Waals surface area contributed by atoms with Crippen molar-refractivity contribution in [2.24, 2.45) is 0 Å². The van der Waals surface area contributed by atoms with Crippen LogP contribution in [0.25, 0.3) is 21.8 Å². The Labute approximate surface area is 106 Å². The van der Waals surface area contributed by atoms with Crippen LogP contribution in [0.5, 0.6) is 0 Å². The van der Waals surface area contributed by atoms with E-state index in [1.54, 1.807) is 0 Å². The van der Waals surface area contributed by atoms with Gasteiger partial charge in [-0.1, -0.05) is 36.4 Å². The molecule has 2 aromatic carbocycles. The lowest BCUT2D eigenvalue weighted by Gasteiger charge is -2.14. The lowest BCUT2D eigenvalue weighted by molar-refractivity contribution is 0.654. The van der Waals surface area contributed by atoms with Crippen LogP contribution in [0.2, 0.25) is 0 Å². The first-order valence-corrected chi connectivity index (χ1v) is 6.54. The van der Waals surface area contributed by atoms with E-state index in [1.165, 1.54) is 21.8 Å². The zero-order valence-corrected chi connectivity index (χ0v) is 10.7. The van der Waals surface area contributed by atoms with Crippen LogP contribution < -0.4 is 0 Å². The summed E-state index contributed by atoms with van der Waals surface area (Å²) in [7, 11) is 0. The molecule has 3 rings (SSSR count). The van der Waals surface area contributed by atoms with Crippen molar-refractivity contribution >= 4 is 34.4 Å². The number of benzene rings is 2. The highest BCUT2D eigenvalue weighted by atomic mass is 32.1. The van der Waals surface area contributed by atoms with E-state index in [-0.39, 0.29) is 0 Å². The minimum absolute atomic E-state index is 0.406. The molecule has 0 amide bonds. The van der Waals surface area contributed by atoms with Gasteiger partial charge in [-0.15, -0.1) is 0 Å². The second-order valence-corrected chi connectivity index (χ2v) is 4.80. The fourth-order valence-corrected chi connectivity index (χ4v) is 2.67. The van der Waals surface area contributed by atoms with Crippen molar-refractivity contribution < 1.29 is 0 Å². The molecule has 3 aromatic rings. The topological polar surface area (TPSA) is 4.93 Å². The number of hydrogen-bond acceptors (Lipinski definition) is 1. The predicted molar refractivity (Wildman–Crippen MR) is 78.0 cm³/mol. The standard InChI is InChI=1S/C15H15NS/c1-11(10-17)16-14-8-4-2-6-12(14)13-7-3-5-9-15(13)16/h2-9,11,17H,10H2,1H3. The maximum atomic E-state index is 4.43. The molecule has 0 aliphatic heterocycles. The zero-order valence-electron chi connectivity index (χ0n) is 9.80. The maximum absolute atomic E-state index is 4.43.